The van der Waals surface area contributed by atoms with E-state index in [4.69, 9.17) is 14.2 Å². The average Bonchev–Trinajstić information content (AvgIpc) is 3.50. The maximum Gasteiger partial charge on any atom is 0.329 e. The molecule has 1 aromatic carbocycles. The van der Waals surface area contributed by atoms with Crippen molar-refractivity contribution >= 4 is 23.9 Å². The number of hydrogen-bond donors (Lipinski definition) is 2. The first-order chi connectivity index (χ1) is 15.1. The van der Waals surface area contributed by atoms with Gasteiger partial charge in [0.15, 0.2) is 18.1 Å². The van der Waals surface area contributed by atoms with Gasteiger partial charge in [-0.3, -0.25) is 14.4 Å². The fourth-order valence-corrected chi connectivity index (χ4v) is 3.39. The Morgan fingerprint density at radius 3 is 2.71 bits per heavy atom. The molecule has 2 heterocycles. The molecule has 0 radical (unpaired) electrons. The molecule has 10 heteroatoms. The van der Waals surface area contributed by atoms with Crippen LogP contribution < -0.4 is 20.2 Å². The van der Waals surface area contributed by atoms with E-state index in [9.17, 15) is 14.4 Å². The van der Waals surface area contributed by atoms with Crippen LogP contribution in [0.1, 0.15) is 31.2 Å². The third-order valence-electron chi connectivity index (χ3n) is 5.10. The van der Waals surface area contributed by atoms with Gasteiger partial charge in [0, 0.05) is 26.2 Å². The molecule has 3 amide bonds. The van der Waals surface area contributed by atoms with Crippen LogP contribution in [0.3, 0.4) is 0 Å². The molecule has 31 heavy (non-hydrogen) atoms. The third kappa shape index (κ3) is 6.68. The quantitative estimate of drug-likeness (QED) is 0.350. The first kappa shape index (κ1) is 22.5. The number of nitrogens with zero attached hydrogens (tertiary/aromatic N) is 2. The fourth-order valence-electron chi connectivity index (χ4n) is 3.39. The predicted octanol–water partition coefficient (Wildman–Crippen LogP) is 0.442. The van der Waals surface area contributed by atoms with Gasteiger partial charge in [-0.25, -0.2) is 5.43 Å². The van der Waals surface area contributed by atoms with E-state index in [1.807, 2.05) is 0 Å². The Morgan fingerprint density at radius 2 is 2.00 bits per heavy atom. The summed E-state index contributed by atoms with van der Waals surface area (Å²) in [7, 11) is 1.49. The van der Waals surface area contributed by atoms with Gasteiger partial charge < -0.3 is 24.4 Å². The number of hydrazone groups is 1. The Hall–Kier alpha value is -3.14. The Labute approximate surface area is 180 Å². The summed E-state index contributed by atoms with van der Waals surface area (Å²) in [5.41, 5.74) is 2.81. The van der Waals surface area contributed by atoms with Gasteiger partial charge in [0.25, 0.3) is 5.91 Å². The minimum atomic E-state index is -0.860. The van der Waals surface area contributed by atoms with Gasteiger partial charge in [0.1, 0.15) is 0 Å². The highest BCUT2D eigenvalue weighted by molar-refractivity contribution is 6.35. The smallest absolute Gasteiger partial charge is 0.329 e. The van der Waals surface area contributed by atoms with Crippen molar-refractivity contribution in [2.45, 2.75) is 31.8 Å². The molecule has 0 spiro atoms. The van der Waals surface area contributed by atoms with Crippen LogP contribution in [0.25, 0.3) is 0 Å². The number of hydrogen-bond acceptors (Lipinski definition) is 7. The third-order valence-corrected chi connectivity index (χ3v) is 5.10. The van der Waals surface area contributed by atoms with Crippen molar-refractivity contribution in [2.24, 2.45) is 5.10 Å². The van der Waals surface area contributed by atoms with E-state index >= 15 is 0 Å². The topological polar surface area (TPSA) is 119 Å². The molecular weight excluding hydrogens is 404 g/mol. The SMILES string of the molecule is COc1cc(/C=N\NC(=O)C(=O)NC[C@@H]2CCCO2)ccc1OCC(=O)N1CCCC1. The number of carbonyl (C=O) groups is 3. The van der Waals surface area contributed by atoms with Crippen LogP contribution in [-0.2, 0) is 19.1 Å². The summed E-state index contributed by atoms with van der Waals surface area (Å²) in [6, 6.07) is 5.02. The summed E-state index contributed by atoms with van der Waals surface area (Å²) < 4.78 is 16.3. The fraction of sp³-hybridized carbons (Fsp3) is 0.524. The molecule has 2 aliphatic heterocycles. The highest BCUT2D eigenvalue weighted by Gasteiger charge is 2.20. The molecular formula is C21H28N4O6. The molecule has 0 bridgehead atoms. The van der Waals surface area contributed by atoms with E-state index in [0.29, 0.717) is 30.2 Å². The first-order valence-corrected chi connectivity index (χ1v) is 10.4. The van der Waals surface area contributed by atoms with Crippen LogP contribution in [0.15, 0.2) is 23.3 Å². The lowest BCUT2D eigenvalue weighted by Gasteiger charge is -2.16. The zero-order valence-corrected chi connectivity index (χ0v) is 17.6. The summed E-state index contributed by atoms with van der Waals surface area (Å²) in [6.45, 7) is 2.47. The van der Waals surface area contributed by atoms with Gasteiger partial charge in [0.2, 0.25) is 0 Å². The van der Waals surface area contributed by atoms with Crippen LogP contribution in [-0.4, -0.2) is 74.9 Å². The van der Waals surface area contributed by atoms with Gasteiger partial charge >= 0.3 is 11.8 Å². The normalized spacial score (nSPS) is 18.2. The molecule has 10 nitrogen and oxygen atoms in total. The predicted molar refractivity (Wildman–Crippen MR) is 112 cm³/mol. The second-order valence-corrected chi connectivity index (χ2v) is 7.33. The Morgan fingerprint density at radius 1 is 1.19 bits per heavy atom. The number of nitrogens with one attached hydrogen (secondary N) is 2. The Kier molecular flexibility index (Phi) is 8.22. The van der Waals surface area contributed by atoms with Crippen molar-refractivity contribution in [3.63, 3.8) is 0 Å². The largest absolute Gasteiger partial charge is 0.493 e. The standard InChI is InChI=1S/C21H28N4O6/c1-29-18-11-15(6-7-17(18)31-14-19(26)25-8-2-3-9-25)12-23-24-21(28)20(27)22-13-16-5-4-10-30-16/h6-7,11-12,16H,2-5,8-10,13-14H2,1H3,(H,22,27)(H,24,28)/b23-12-/t16-/m0/s1. The van der Waals surface area contributed by atoms with E-state index in [1.165, 1.54) is 13.3 Å². The summed E-state index contributed by atoms with van der Waals surface area (Å²) in [5.74, 6) is -0.813. The molecule has 1 aromatic rings. The van der Waals surface area contributed by atoms with Gasteiger partial charge in [-0.2, -0.15) is 5.10 Å². The Bertz CT molecular complexity index is 816. The van der Waals surface area contributed by atoms with Crippen molar-refractivity contribution in [1.82, 2.24) is 15.6 Å². The van der Waals surface area contributed by atoms with Crippen LogP contribution in [0.5, 0.6) is 11.5 Å². The number of methoxy groups -OCH3 is 1. The monoisotopic (exact) mass is 432 g/mol. The maximum atomic E-state index is 12.1. The Balaban J connectivity index is 1.46. The summed E-state index contributed by atoms with van der Waals surface area (Å²) in [5, 5.41) is 6.32. The summed E-state index contributed by atoms with van der Waals surface area (Å²) in [4.78, 5) is 37.5. The number of amides is 3. The first-order valence-electron chi connectivity index (χ1n) is 10.4. The van der Waals surface area contributed by atoms with Crippen LogP contribution in [0.4, 0.5) is 0 Å². The minimum Gasteiger partial charge on any atom is -0.493 e. The average molecular weight is 432 g/mol. The van der Waals surface area contributed by atoms with Crippen molar-refractivity contribution < 1.29 is 28.6 Å². The molecule has 0 aliphatic carbocycles. The minimum absolute atomic E-state index is 0.0425. The summed E-state index contributed by atoms with van der Waals surface area (Å²) in [6.07, 6.45) is 5.21. The van der Waals surface area contributed by atoms with Gasteiger partial charge in [0.05, 0.1) is 19.4 Å². The van der Waals surface area contributed by atoms with Crippen LogP contribution in [0.2, 0.25) is 0 Å². The number of ether oxygens (including phenoxy) is 3. The van der Waals surface area contributed by atoms with Crippen LogP contribution >= 0.6 is 0 Å². The highest BCUT2D eigenvalue weighted by atomic mass is 16.5. The maximum absolute atomic E-state index is 12.1. The van der Waals surface area contributed by atoms with Gasteiger partial charge in [-0.1, -0.05) is 0 Å². The van der Waals surface area contributed by atoms with Crippen molar-refractivity contribution in [3.05, 3.63) is 23.8 Å². The second-order valence-electron chi connectivity index (χ2n) is 7.33. The molecule has 168 valence electrons. The van der Waals surface area contributed by atoms with Gasteiger partial charge in [-0.05, 0) is 49.4 Å². The molecule has 1 atom stereocenters. The second kappa shape index (κ2) is 11.3. The van der Waals surface area contributed by atoms with Crippen molar-refractivity contribution in [2.75, 3.05) is 40.0 Å². The van der Waals surface area contributed by atoms with Crippen molar-refractivity contribution in [1.29, 1.82) is 0 Å². The van der Waals surface area contributed by atoms with E-state index in [0.717, 1.165) is 38.8 Å². The zero-order valence-electron chi connectivity index (χ0n) is 17.6. The molecule has 2 aliphatic rings. The van der Waals surface area contributed by atoms with E-state index in [2.05, 4.69) is 15.8 Å². The molecule has 0 saturated carbocycles. The lowest BCUT2D eigenvalue weighted by molar-refractivity contribution is -0.139. The summed E-state index contributed by atoms with van der Waals surface area (Å²) >= 11 is 0. The number of carbonyl (C=O) groups excluding carboxylic acids is 3. The molecule has 0 aromatic heterocycles. The molecule has 0 unspecified atom stereocenters. The molecule has 2 saturated heterocycles. The van der Waals surface area contributed by atoms with E-state index in [1.54, 1.807) is 23.1 Å². The number of rotatable bonds is 8. The molecule has 2 N–H and O–H groups in total. The number of benzene rings is 1. The number of likely N-dealkylation sites (tertiary alicyclic amines) is 1. The lowest BCUT2D eigenvalue weighted by atomic mass is 10.2. The molecule has 2 fully saturated rings. The van der Waals surface area contributed by atoms with E-state index in [-0.39, 0.29) is 18.6 Å². The van der Waals surface area contributed by atoms with Crippen LogP contribution in [0, 0.1) is 0 Å². The van der Waals surface area contributed by atoms with E-state index < -0.39 is 11.8 Å². The zero-order chi connectivity index (χ0) is 22.1. The lowest BCUT2D eigenvalue weighted by Crippen LogP contribution is -2.41. The van der Waals surface area contributed by atoms with Gasteiger partial charge in [-0.15, -0.1) is 0 Å². The highest BCUT2D eigenvalue weighted by Crippen LogP contribution is 2.27. The molecule has 3 rings (SSSR count). The van der Waals surface area contributed by atoms with Crippen molar-refractivity contribution in [3.8, 4) is 11.5 Å².